The number of anilines is 1. The number of likely N-dealkylation sites (tertiary alicyclic amines) is 1. The van der Waals surface area contributed by atoms with Gasteiger partial charge in [-0.25, -0.2) is 4.79 Å². The number of urea groups is 1. The molecule has 0 bridgehead atoms. The summed E-state index contributed by atoms with van der Waals surface area (Å²) < 4.78 is 0. The number of hydrogen-bond acceptors (Lipinski definition) is 1. The van der Waals surface area contributed by atoms with Crippen LogP contribution in [0.15, 0.2) is 42.5 Å². The lowest BCUT2D eigenvalue weighted by atomic mass is 10.0. The minimum Gasteiger partial charge on any atom is -0.317 e. The van der Waals surface area contributed by atoms with Crippen LogP contribution in [0.1, 0.15) is 41.1 Å². The van der Waals surface area contributed by atoms with Crippen LogP contribution in [0.5, 0.6) is 0 Å². The van der Waals surface area contributed by atoms with Gasteiger partial charge in [-0.2, -0.15) is 0 Å². The maximum Gasteiger partial charge on any atom is 0.322 e. The van der Waals surface area contributed by atoms with E-state index in [1.165, 1.54) is 22.3 Å². The monoisotopic (exact) mass is 308 g/mol. The zero-order valence-electron chi connectivity index (χ0n) is 14.1. The fraction of sp³-hybridized carbons (Fsp3) is 0.350. The SMILES string of the molecule is Cc1cccc([C@H]2CCCN2C(=O)Nc2ccc(C)c(C)c2)c1. The Balaban J connectivity index is 1.76. The largest absolute Gasteiger partial charge is 0.322 e. The molecule has 0 radical (unpaired) electrons. The summed E-state index contributed by atoms with van der Waals surface area (Å²) in [5.41, 5.74) is 5.77. The normalized spacial score (nSPS) is 17.3. The van der Waals surface area contributed by atoms with Crippen LogP contribution < -0.4 is 5.32 Å². The molecule has 1 fully saturated rings. The van der Waals surface area contributed by atoms with Crippen molar-refractivity contribution in [3.63, 3.8) is 0 Å². The predicted octanol–water partition coefficient (Wildman–Crippen LogP) is 4.98. The Hall–Kier alpha value is -2.29. The van der Waals surface area contributed by atoms with Crippen LogP contribution in [-0.2, 0) is 0 Å². The van der Waals surface area contributed by atoms with Crippen molar-refractivity contribution in [2.24, 2.45) is 0 Å². The first-order valence-electron chi connectivity index (χ1n) is 8.26. The van der Waals surface area contributed by atoms with Crippen LogP contribution in [0.3, 0.4) is 0 Å². The lowest BCUT2D eigenvalue weighted by Crippen LogP contribution is -2.34. The number of nitrogens with zero attached hydrogens (tertiary/aromatic N) is 1. The van der Waals surface area contributed by atoms with Gasteiger partial charge in [0.1, 0.15) is 0 Å². The molecule has 3 nitrogen and oxygen atoms in total. The van der Waals surface area contributed by atoms with Gasteiger partial charge in [-0.15, -0.1) is 0 Å². The highest BCUT2D eigenvalue weighted by atomic mass is 16.2. The van der Waals surface area contributed by atoms with E-state index in [1.54, 1.807) is 0 Å². The molecule has 2 aromatic rings. The summed E-state index contributed by atoms with van der Waals surface area (Å²) in [4.78, 5) is 14.7. The number of rotatable bonds is 2. The van der Waals surface area contributed by atoms with Crippen LogP contribution in [0.25, 0.3) is 0 Å². The van der Waals surface area contributed by atoms with Gasteiger partial charge >= 0.3 is 6.03 Å². The number of carbonyl (C=O) groups excluding carboxylic acids is 1. The average molecular weight is 308 g/mol. The van der Waals surface area contributed by atoms with E-state index in [0.29, 0.717) is 0 Å². The van der Waals surface area contributed by atoms with E-state index >= 15 is 0 Å². The molecule has 1 heterocycles. The Morgan fingerprint density at radius 1 is 1.09 bits per heavy atom. The molecule has 1 N–H and O–H groups in total. The van der Waals surface area contributed by atoms with Crippen molar-refractivity contribution < 1.29 is 4.79 Å². The number of aryl methyl sites for hydroxylation is 3. The molecule has 0 unspecified atom stereocenters. The van der Waals surface area contributed by atoms with Crippen LogP contribution >= 0.6 is 0 Å². The second kappa shape index (κ2) is 6.45. The van der Waals surface area contributed by atoms with E-state index in [4.69, 9.17) is 0 Å². The minimum atomic E-state index is -0.00254. The van der Waals surface area contributed by atoms with Gasteiger partial charge in [-0.05, 0) is 62.4 Å². The zero-order chi connectivity index (χ0) is 16.4. The first-order chi connectivity index (χ1) is 11.0. The van der Waals surface area contributed by atoms with Gasteiger partial charge in [-0.3, -0.25) is 0 Å². The smallest absolute Gasteiger partial charge is 0.317 e. The molecule has 0 spiro atoms. The number of benzene rings is 2. The summed E-state index contributed by atoms with van der Waals surface area (Å²) in [7, 11) is 0. The fourth-order valence-corrected chi connectivity index (χ4v) is 3.25. The Bertz CT molecular complexity index is 723. The molecule has 1 aliphatic heterocycles. The van der Waals surface area contributed by atoms with Crippen LogP contribution in [0, 0.1) is 20.8 Å². The molecule has 120 valence electrons. The van der Waals surface area contributed by atoms with E-state index in [1.807, 2.05) is 23.1 Å². The Labute approximate surface area is 138 Å². The first kappa shape index (κ1) is 15.6. The maximum atomic E-state index is 12.7. The predicted molar refractivity (Wildman–Crippen MR) is 94.8 cm³/mol. The third kappa shape index (κ3) is 3.39. The second-order valence-corrected chi connectivity index (χ2v) is 6.49. The third-order valence-corrected chi connectivity index (χ3v) is 4.70. The topological polar surface area (TPSA) is 32.3 Å². The van der Waals surface area contributed by atoms with Gasteiger partial charge in [0, 0.05) is 12.2 Å². The van der Waals surface area contributed by atoms with Gasteiger partial charge < -0.3 is 10.2 Å². The van der Waals surface area contributed by atoms with Crippen molar-refractivity contribution in [1.82, 2.24) is 4.90 Å². The highest BCUT2D eigenvalue weighted by molar-refractivity contribution is 5.90. The Morgan fingerprint density at radius 3 is 2.65 bits per heavy atom. The quantitative estimate of drug-likeness (QED) is 0.833. The first-order valence-corrected chi connectivity index (χ1v) is 8.26. The van der Waals surface area contributed by atoms with Gasteiger partial charge in [0.05, 0.1) is 6.04 Å². The van der Waals surface area contributed by atoms with Crippen LogP contribution in [0.4, 0.5) is 10.5 Å². The molecule has 0 saturated carbocycles. The van der Waals surface area contributed by atoms with Crippen molar-refractivity contribution in [2.75, 3.05) is 11.9 Å². The Kier molecular flexibility index (Phi) is 4.37. The summed E-state index contributed by atoms with van der Waals surface area (Å²) in [6.07, 6.45) is 2.09. The molecule has 2 aromatic carbocycles. The molecule has 1 saturated heterocycles. The van der Waals surface area contributed by atoms with Crippen LogP contribution in [0.2, 0.25) is 0 Å². The van der Waals surface area contributed by atoms with Crippen molar-refractivity contribution in [3.8, 4) is 0 Å². The number of nitrogens with one attached hydrogen (secondary N) is 1. The molecular weight excluding hydrogens is 284 g/mol. The average Bonchev–Trinajstić information content (AvgIpc) is 3.00. The lowest BCUT2D eigenvalue weighted by molar-refractivity contribution is 0.207. The number of amides is 2. The van der Waals surface area contributed by atoms with Crippen molar-refractivity contribution >= 4 is 11.7 Å². The molecular formula is C20H24N2O. The van der Waals surface area contributed by atoms with E-state index in [0.717, 1.165) is 25.1 Å². The summed E-state index contributed by atoms with van der Waals surface area (Å²) >= 11 is 0. The van der Waals surface area contributed by atoms with Crippen molar-refractivity contribution in [3.05, 3.63) is 64.7 Å². The van der Waals surface area contributed by atoms with Gasteiger partial charge in [0.2, 0.25) is 0 Å². The highest BCUT2D eigenvalue weighted by Gasteiger charge is 2.30. The van der Waals surface area contributed by atoms with Crippen LogP contribution in [-0.4, -0.2) is 17.5 Å². The molecule has 2 amide bonds. The highest BCUT2D eigenvalue weighted by Crippen LogP contribution is 2.32. The van der Waals surface area contributed by atoms with Crippen molar-refractivity contribution in [2.45, 2.75) is 39.7 Å². The summed E-state index contributed by atoms with van der Waals surface area (Å²) in [5.74, 6) is 0. The second-order valence-electron chi connectivity index (χ2n) is 6.49. The molecule has 0 aliphatic carbocycles. The molecule has 1 aliphatic rings. The van der Waals surface area contributed by atoms with E-state index in [9.17, 15) is 4.79 Å². The minimum absolute atomic E-state index is 0.00254. The lowest BCUT2D eigenvalue weighted by Gasteiger charge is -2.25. The van der Waals surface area contributed by atoms with Gasteiger partial charge in [-0.1, -0.05) is 35.9 Å². The molecule has 0 aromatic heterocycles. The summed E-state index contributed by atoms with van der Waals surface area (Å²) in [6.45, 7) is 7.05. The van der Waals surface area contributed by atoms with E-state index < -0.39 is 0 Å². The summed E-state index contributed by atoms with van der Waals surface area (Å²) in [5, 5.41) is 3.05. The zero-order valence-corrected chi connectivity index (χ0v) is 14.1. The van der Waals surface area contributed by atoms with Crippen molar-refractivity contribution in [1.29, 1.82) is 0 Å². The molecule has 3 heteroatoms. The van der Waals surface area contributed by atoms with Gasteiger partial charge in [0.25, 0.3) is 0 Å². The summed E-state index contributed by atoms with van der Waals surface area (Å²) in [6, 6.07) is 14.7. The fourth-order valence-electron chi connectivity index (χ4n) is 3.25. The number of hydrogen-bond donors (Lipinski definition) is 1. The molecule has 23 heavy (non-hydrogen) atoms. The van der Waals surface area contributed by atoms with Gasteiger partial charge in [0.15, 0.2) is 0 Å². The third-order valence-electron chi connectivity index (χ3n) is 4.70. The molecule has 1 atom stereocenters. The number of carbonyl (C=O) groups is 1. The van der Waals surface area contributed by atoms with E-state index in [-0.39, 0.29) is 12.1 Å². The standard InChI is InChI=1S/C20H24N2O/c1-14-6-4-7-17(12-14)19-8-5-11-22(19)20(23)21-18-10-9-15(2)16(3)13-18/h4,6-7,9-10,12-13,19H,5,8,11H2,1-3H3,(H,21,23)/t19-/m1/s1. The maximum absolute atomic E-state index is 12.7. The Morgan fingerprint density at radius 2 is 1.91 bits per heavy atom. The molecule has 3 rings (SSSR count). The van der Waals surface area contributed by atoms with E-state index in [2.05, 4.69) is 50.4 Å².